The first kappa shape index (κ1) is 28.2. The number of benzene rings is 6. The van der Waals surface area contributed by atoms with Crippen LogP contribution in [0, 0.1) is 0 Å². The van der Waals surface area contributed by atoms with Crippen LogP contribution in [-0.2, 0) is 0 Å². The smallest absolute Gasteiger partial charge is 0.164 e. The lowest BCUT2D eigenvalue weighted by atomic mass is 10.0. The molecule has 0 fully saturated rings. The average molecular weight is 640 g/mol. The SMILES string of the molecule is c1ccc(-n2c(-c3cc(-c4cccnc4)cc(-n4c5ccccc5c5ccccc54)c3)nc3cc(-c4ccc5ccccc5c4)cnc32)cc1. The lowest BCUT2D eigenvalue weighted by molar-refractivity contribution is 1.07. The molecule has 0 radical (unpaired) electrons. The first-order valence-corrected chi connectivity index (χ1v) is 16.8. The van der Waals surface area contributed by atoms with Gasteiger partial charge in [0, 0.05) is 57.4 Å². The van der Waals surface area contributed by atoms with Crippen molar-refractivity contribution in [2.75, 3.05) is 0 Å². The number of imidazole rings is 1. The minimum atomic E-state index is 0.806. The van der Waals surface area contributed by atoms with Crippen LogP contribution in [-0.4, -0.2) is 24.1 Å². The molecule has 4 heterocycles. The Bertz CT molecular complexity index is 2810. The van der Waals surface area contributed by atoms with E-state index in [4.69, 9.17) is 9.97 Å². The van der Waals surface area contributed by atoms with Crippen LogP contribution >= 0.6 is 0 Å². The highest BCUT2D eigenvalue weighted by atomic mass is 15.1. The van der Waals surface area contributed by atoms with Gasteiger partial charge in [-0.1, -0.05) is 97.1 Å². The van der Waals surface area contributed by atoms with E-state index in [-0.39, 0.29) is 0 Å². The number of para-hydroxylation sites is 3. The van der Waals surface area contributed by atoms with Gasteiger partial charge in [-0.05, 0) is 82.6 Å². The van der Waals surface area contributed by atoms with Crippen LogP contribution in [0.4, 0.5) is 0 Å². The highest BCUT2D eigenvalue weighted by Crippen LogP contribution is 2.37. The van der Waals surface area contributed by atoms with Gasteiger partial charge in [0.25, 0.3) is 0 Å². The molecular weight excluding hydrogens is 611 g/mol. The highest BCUT2D eigenvalue weighted by Gasteiger charge is 2.20. The standard InChI is InChI=1S/C45H29N5/c1-2-14-37(15-3-1)50-44(48-41-27-36(29-47-45(41)50)32-21-20-30-11-4-5-12-31(30)23-32)35-24-34(33-13-10-22-46-28-33)25-38(26-35)49-42-18-8-6-16-39(42)40-17-7-9-19-43(40)49/h1-29H. The number of aromatic nitrogens is 5. The van der Waals surface area contributed by atoms with Crippen molar-refractivity contribution in [1.29, 1.82) is 0 Å². The average Bonchev–Trinajstić information content (AvgIpc) is 3.74. The Kier molecular flexibility index (Phi) is 6.42. The van der Waals surface area contributed by atoms with Gasteiger partial charge in [0.05, 0.1) is 11.0 Å². The van der Waals surface area contributed by atoms with Gasteiger partial charge in [-0.2, -0.15) is 0 Å². The molecule has 0 amide bonds. The normalized spacial score (nSPS) is 11.6. The Hall–Kier alpha value is -6.85. The van der Waals surface area contributed by atoms with Crippen molar-refractivity contribution in [3.05, 3.63) is 176 Å². The third kappa shape index (κ3) is 4.60. The van der Waals surface area contributed by atoms with E-state index in [1.807, 2.05) is 30.7 Å². The second-order valence-corrected chi connectivity index (χ2v) is 12.6. The summed E-state index contributed by atoms with van der Waals surface area (Å²) in [6, 6.07) is 55.6. The molecule has 0 aliphatic heterocycles. The molecule has 50 heavy (non-hydrogen) atoms. The minimum Gasteiger partial charge on any atom is -0.309 e. The summed E-state index contributed by atoms with van der Waals surface area (Å²) in [5, 5.41) is 4.86. The number of fused-ring (bicyclic) bond motifs is 5. The van der Waals surface area contributed by atoms with Crippen molar-refractivity contribution in [1.82, 2.24) is 24.1 Å². The predicted molar refractivity (Wildman–Crippen MR) is 205 cm³/mol. The molecule has 10 aromatic rings. The molecule has 234 valence electrons. The molecule has 0 atom stereocenters. The van der Waals surface area contributed by atoms with Crippen LogP contribution in [0.15, 0.2) is 176 Å². The summed E-state index contributed by atoms with van der Waals surface area (Å²) in [6.45, 7) is 0. The largest absolute Gasteiger partial charge is 0.309 e. The molecule has 4 aromatic heterocycles. The summed E-state index contributed by atoms with van der Waals surface area (Å²) < 4.78 is 4.54. The van der Waals surface area contributed by atoms with Gasteiger partial charge in [0.1, 0.15) is 11.3 Å². The van der Waals surface area contributed by atoms with Crippen LogP contribution in [0.25, 0.3) is 88.8 Å². The molecule has 0 N–H and O–H groups in total. The van der Waals surface area contributed by atoms with E-state index in [0.29, 0.717) is 0 Å². The van der Waals surface area contributed by atoms with Crippen molar-refractivity contribution in [2.45, 2.75) is 0 Å². The van der Waals surface area contributed by atoms with Crippen molar-refractivity contribution >= 4 is 43.7 Å². The number of pyridine rings is 2. The Balaban J connectivity index is 1.24. The summed E-state index contributed by atoms with van der Waals surface area (Å²) in [5.41, 5.74) is 11.2. The fourth-order valence-electron chi connectivity index (χ4n) is 7.28. The van der Waals surface area contributed by atoms with Crippen molar-refractivity contribution < 1.29 is 0 Å². The van der Waals surface area contributed by atoms with Gasteiger partial charge in [-0.25, -0.2) is 9.97 Å². The molecule has 0 saturated carbocycles. The molecule has 10 rings (SSSR count). The molecule has 6 aromatic carbocycles. The van der Waals surface area contributed by atoms with Gasteiger partial charge < -0.3 is 4.57 Å². The first-order valence-electron chi connectivity index (χ1n) is 16.8. The zero-order chi connectivity index (χ0) is 33.0. The summed E-state index contributed by atoms with van der Waals surface area (Å²) in [6.07, 6.45) is 5.70. The maximum absolute atomic E-state index is 5.37. The predicted octanol–water partition coefficient (Wildman–Crippen LogP) is 11.1. The summed E-state index contributed by atoms with van der Waals surface area (Å²) in [4.78, 5) is 14.9. The molecular formula is C45H29N5. The number of hydrogen-bond acceptors (Lipinski definition) is 3. The maximum Gasteiger partial charge on any atom is 0.164 e. The lowest BCUT2D eigenvalue weighted by Crippen LogP contribution is -2.01. The van der Waals surface area contributed by atoms with Crippen molar-refractivity contribution in [2.24, 2.45) is 0 Å². The van der Waals surface area contributed by atoms with E-state index in [1.54, 1.807) is 0 Å². The third-order valence-corrected chi connectivity index (χ3v) is 9.60. The second kappa shape index (κ2) is 11.4. The lowest BCUT2D eigenvalue weighted by Gasteiger charge is -2.15. The van der Waals surface area contributed by atoms with Crippen LogP contribution < -0.4 is 0 Å². The Labute approximate surface area is 288 Å². The quantitative estimate of drug-likeness (QED) is 0.188. The molecule has 0 spiro atoms. The van der Waals surface area contributed by atoms with E-state index in [9.17, 15) is 0 Å². The fourth-order valence-corrected chi connectivity index (χ4v) is 7.28. The van der Waals surface area contributed by atoms with Gasteiger partial charge in [0.2, 0.25) is 0 Å². The first-order chi connectivity index (χ1) is 24.8. The molecule has 0 unspecified atom stereocenters. The zero-order valence-corrected chi connectivity index (χ0v) is 27.0. The van der Waals surface area contributed by atoms with Gasteiger partial charge in [-0.15, -0.1) is 0 Å². The zero-order valence-electron chi connectivity index (χ0n) is 27.0. The van der Waals surface area contributed by atoms with Crippen LogP contribution in [0.3, 0.4) is 0 Å². The summed E-state index contributed by atoms with van der Waals surface area (Å²) >= 11 is 0. The number of nitrogens with zero attached hydrogens (tertiary/aromatic N) is 5. The van der Waals surface area contributed by atoms with Crippen molar-refractivity contribution in [3.8, 4) is 45.0 Å². The molecule has 5 nitrogen and oxygen atoms in total. The van der Waals surface area contributed by atoms with Gasteiger partial charge in [0.15, 0.2) is 5.65 Å². The van der Waals surface area contributed by atoms with Gasteiger partial charge in [-0.3, -0.25) is 9.55 Å². The summed E-state index contributed by atoms with van der Waals surface area (Å²) in [7, 11) is 0. The molecule has 0 bridgehead atoms. The fraction of sp³-hybridized carbons (Fsp3) is 0. The summed E-state index contributed by atoms with van der Waals surface area (Å²) in [5.74, 6) is 0.821. The van der Waals surface area contributed by atoms with Gasteiger partial charge >= 0.3 is 0 Å². The molecule has 5 heteroatoms. The Morgan fingerprint density at radius 3 is 1.92 bits per heavy atom. The molecule has 0 aliphatic carbocycles. The topological polar surface area (TPSA) is 48.5 Å². The van der Waals surface area contributed by atoms with E-state index in [0.717, 1.165) is 67.2 Å². The van der Waals surface area contributed by atoms with E-state index in [1.165, 1.54) is 21.5 Å². The van der Waals surface area contributed by atoms with E-state index >= 15 is 0 Å². The van der Waals surface area contributed by atoms with Crippen LogP contribution in [0.2, 0.25) is 0 Å². The highest BCUT2D eigenvalue weighted by molar-refractivity contribution is 6.09. The Morgan fingerprint density at radius 2 is 1.14 bits per heavy atom. The van der Waals surface area contributed by atoms with Crippen molar-refractivity contribution in [3.63, 3.8) is 0 Å². The number of hydrogen-bond donors (Lipinski definition) is 0. The minimum absolute atomic E-state index is 0.806. The van der Waals surface area contributed by atoms with Crippen LogP contribution in [0.1, 0.15) is 0 Å². The molecule has 0 saturated heterocycles. The third-order valence-electron chi connectivity index (χ3n) is 9.60. The maximum atomic E-state index is 5.37. The number of rotatable bonds is 5. The second-order valence-electron chi connectivity index (χ2n) is 12.6. The van der Waals surface area contributed by atoms with Crippen LogP contribution in [0.5, 0.6) is 0 Å². The monoisotopic (exact) mass is 639 g/mol. The van der Waals surface area contributed by atoms with E-state index < -0.39 is 0 Å². The Morgan fingerprint density at radius 1 is 0.420 bits per heavy atom. The van der Waals surface area contributed by atoms with E-state index in [2.05, 4.69) is 160 Å². The molecule has 0 aliphatic rings.